The van der Waals surface area contributed by atoms with Crippen LogP contribution < -0.4 is 0 Å². The molecule has 0 bridgehead atoms. The summed E-state index contributed by atoms with van der Waals surface area (Å²) in [6, 6.07) is 37.8. The zero-order chi connectivity index (χ0) is 22.0. The van der Waals surface area contributed by atoms with Gasteiger partial charge in [-0.1, -0.05) is 127 Å². The molecule has 0 fully saturated rings. The quantitative estimate of drug-likeness (QED) is 0.294. The Hall–Kier alpha value is -3.90. The lowest BCUT2D eigenvalue weighted by Crippen LogP contribution is -2.27. The van der Waals surface area contributed by atoms with E-state index in [0.29, 0.717) is 0 Å². The Morgan fingerprint density at radius 2 is 0.970 bits per heavy atom. The van der Waals surface area contributed by atoms with Gasteiger partial charge < -0.3 is 0 Å². The minimum atomic E-state index is -0.276. The molecular formula is C33H24. The number of benzene rings is 4. The van der Waals surface area contributed by atoms with E-state index in [4.69, 9.17) is 0 Å². The average molecular weight is 421 g/mol. The normalized spacial score (nSPS) is 20.9. The molecule has 0 N–H and O–H groups in total. The van der Waals surface area contributed by atoms with E-state index in [1.165, 1.54) is 50.1 Å². The van der Waals surface area contributed by atoms with E-state index in [1.807, 2.05) is 0 Å². The van der Waals surface area contributed by atoms with Crippen molar-refractivity contribution in [3.63, 3.8) is 0 Å². The van der Waals surface area contributed by atoms with Crippen molar-refractivity contribution in [2.24, 2.45) is 0 Å². The standard InChI is InChI=1S/C33H24/c1-32(23-11-3-2-4-12-23)21-19-27-26-15-7-10-18-30(26)33(31(27)20-22-32)28-16-8-5-13-24(28)25-14-6-9-17-29(25)33/h2-22H,1H3. The summed E-state index contributed by atoms with van der Waals surface area (Å²) in [5.74, 6) is 0. The van der Waals surface area contributed by atoms with Crippen molar-refractivity contribution in [3.8, 4) is 11.1 Å². The molecule has 0 aromatic heterocycles. The highest BCUT2D eigenvalue weighted by atomic mass is 14.5. The second-order valence-electron chi connectivity index (χ2n) is 9.53. The Bertz CT molecular complexity index is 1470. The van der Waals surface area contributed by atoms with Crippen LogP contribution in [-0.2, 0) is 10.8 Å². The summed E-state index contributed by atoms with van der Waals surface area (Å²) >= 11 is 0. The van der Waals surface area contributed by atoms with Gasteiger partial charge in [-0.05, 0) is 57.0 Å². The predicted octanol–water partition coefficient (Wildman–Crippen LogP) is 7.85. The average Bonchev–Trinajstić information content (AvgIpc) is 3.25. The molecule has 0 radical (unpaired) electrons. The van der Waals surface area contributed by atoms with E-state index in [2.05, 4.69) is 134 Å². The molecule has 4 aromatic carbocycles. The van der Waals surface area contributed by atoms with Crippen molar-refractivity contribution in [2.45, 2.75) is 17.8 Å². The fourth-order valence-corrected chi connectivity index (χ4v) is 6.31. The third kappa shape index (κ3) is 2.31. The van der Waals surface area contributed by atoms with Crippen molar-refractivity contribution in [3.05, 3.63) is 161 Å². The van der Waals surface area contributed by atoms with Crippen LogP contribution in [0, 0.1) is 0 Å². The van der Waals surface area contributed by atoms with Gasteiger partial charge in [0, 0.05) is 5.41 Å². The van der Waals surface area contributed by atoms with Crippen molar-refractivity contribution >= 4 is 5.57 Å². The lowest BCUT2D eigenvalue weighted by molar-refractivity contribution is 0.749. The van der Waals surface area contributed by atoms with Crippen LogP contribution in [0.5, 0.6) is 0 Å². The minimum absolute atomic E-state index is 0.153. The Morgan fingerprint density at radius 3 is 1.61 bits per heavy atom. The summed E-state index contributed by atoms with van der Waals surface area (Å²) in [4.78, 5) is 0. The number of hydrogen-bond donors (Lipinski definition) is 0. The molecule has 1 spiro atoms. The number of allylic oxidation sites excluding steroid dienone is 6. The van der Waals surface area contributed by atoms with Crippen LogP contribution in [0.3, 0.4) is 0 Å². The van der Waals surface area contributed by atoms with Gasteiger partial charge in [-0.25, -0.2) is 0 Å². The molecule has 3 aliphatic carbocycles. The lowest BCUT2D eigenvalue weighted by Gasteiger charge is -2.32. The molecule has 0 saturated heterocycles. The molecule has 3 aliphatic rings. The van der Waals surface area contributed by atoms with Gasteiger partial charge in [0.25, 0.3) is 0 Å². The van der Waals surface area contributed by atoms with Crippen LogP contribution in [0.1, 0.15) is 34.7 Å². The minimum Gasteiger partial charge on any atom is -0.0701 e. The van der Waals surface area contributed by atoms with E-state index in [-0.39, 0.29) is 10.8 Å². The summed E-state index contributed by atoms with van der Waals surface area (Å²) in [6.45, 7) is 2.31. The molecule has 33 heavy (non-hydrogen) atoms. The van der Waals surface area contributed by atoms with Gasteiger partial charge in [0.1, 0.15) is 0 Å². The van der Waals surface area contributed by atoms with Crippen LogP contribution in [0.25, 0.3) is 16.7 Å². The molecule has 0 heteroatoms. The summed E-state index contributed by atoms with van der Waals surface area (Å²) in [5, 5.41) is 0. The SMILES string of the molecule is CC1(c2ccccc2)C=CC2=C(C=C1)C1(c3ccccc32)c2ccccc2-c2ccccc21. The molecule has 0 nitrogen and oxygen atoms in total. The molecule has 4 aromatic rings. The number of rotatable bonds is 1. The summed E-state index contributed by atoms with van der Waals surface area (Å²) in [6.07, 6.45) is 9.57. The van der Waals surface area contributed by atoms with Crippen molar-refractivity contribution in [2.75, 3.05) is 0 Å². The second kappa shape index (κ2) is 6.56. The van der Waals surface area contributed by atoms with Gasteiger partial charge in [0.15, 0.2) is 0 Å². The number of fused-ring (bicyclic) bond motifs is 9. The molecular weight excluding hydrogens is 396 g/mol. The Labute approximate surface area is 195 Å². The third-order valence-electron chi connectivity index (χ3n) is 7.86. The third-order valence-corrected chi connectivity index (χ3v) is 7.86. The molecule has 156 valence electrons. The van der Waals surface area contributed by atoms with Gasteiger partial charge in [0.05, 0.1) is 5.41 Å². The smallest absolute Gasteiger partial charge is 0.0701 e. The number of hydrogen-bond acceptors (Lipinski definition) is 0. The Balaban J connectivity index is 1.56. The van der Waals surface area contributed by atoms with Crippen LogP contribution in [0.4, 0.5) is 0 Å². The van der Waals surface area contributed by atoms with Gasteiger partial charge in [0.2, 0.25) is 0 Å². The highest BCUT2D eigenvalue weighted by Gasteiger charge is 2.52. The highest BCUT2D eigenvalue weighted by molar-refractivity contribution is 5.98. The first-order valence-electron chi connectivity index (χ1n) is 11.7. The zero-order valence-corrected chi connectivity index (χ0v) is 18.6. The summed E-state index contributed by atoms with van der Waals surface area (Å²) < 4.78 is 0. The summed E-state index contributed by atoms with van der Waals surface area (Å²) in [7, 11) is 0. The van der Waals surface area contributed by atoms with Crippen LogP contribution in [-0.4, -0.2) is 0 Å². The molecule has 7 rings (SSSR count). The highest BCUT2D eigenvalue weighted by Crippen LogP contribution is 2.62. The maximum atomic E-state index is 2.42. The van der Waals surface area contributed by atoms with Gasteiger partial charge in [-0.15, -0.1) is 0 Å². The molecule has 0 saturated carbocycles. The monoisotopic (exact) mass is 420 g/mol. The first kappa shape index (κ1) is 18.7. The maximum absolute atomic E-state index is 2.42. The van der Waals surface area contributed by atoms with E-state index >= 15 is 0 Å². The zero-order valence-electron chi connectivity index (χ0n) is 18.6. The predicted molar refractivity (Wildman–Crippen MR) is 137 cm³/mol. The van der Waals surface area contributed by atoms with Crippen LogP contribution >= 0.6 is 0 Å². The first-order valence-corrected chi connectivity index (χ1v) is 11.7. The molecule has 1 atom stereocenters. The molecule has 0 aliphatic heterocycles. The largest absolute Gasteiger partial charge is 0.0725 e. The fraction of sp³-hybridized carbons (Fsp3) is 0.0909. The van der Waals surface area contributed by atoms with E-state index < -0.39 is 0 Å². The van der Waals surface area contributed by atoms with Gasteiger partial charge in [-0.3, -0.25) is 0 Å². The lowest BCUT2D eigenvalue weighted by atomic mass is 9.69. The van der Waals surface area contributed by atoms with Crippen LogP contribution in [0.2, 0.25) is 0 Å². The van der Waals surface area contributed by atoms with Crippen molar-refractivity contribution < 1.29 is 0 Å². The van der Waals surface area contributed by atoms with Crippen molar-refractivity contribution in [1.82, 2.24) is 0 Å². The Kier molecular flexibility index (Phi) is 3.71. The molecule has 0 heterocycles. The first-order chi connectivity index (χ1) is 16.2. The molecule has 1 unspecified atom stereocenters. The topological polar surface area (TPSA) is 0 Å². The van der Waals surface area contributed by atoms with Gasteiger partial charge in [-0.2, -0.15) is 0 Å². The van der Waals surface area contributed by atoms with Crippen molar-refractivity contribution in [1.29, 1.82) is 0 Å². The fourth-order valence-electron chi connectivity index (χ4n) is 6.31. The van der Waals surface area contributed by atoms with E-state index in [1.54, 1.807) is 0 Å². The Morgan fingerprint density at radius 1 is 0.485 bits per heavy atom. The second-order valence-corrected chi connectivity index (χ2v) is 9.53. The van der Waals surface area contributed by atoms with E-state index in [9.17, 15) is 0 Å². The van der Waals surface area contributed by atoms with E-state index in [0.717, 1.165) is 0 Å². The maximum Gasteiger partial charge on any atom is 0.0725 e. The van der Waals surface area contributed by atoms with Gasteiger partial charge >= 0.3 is 0 Å². The van der Waals surface area contributed by atoms with Crippen LogP contribution in [0.15, 0.2) is 133 Å². The summed E-state index contributed by atoms with van der Waals surface area (Å²) in [5.41, 5.74) is 11.8. The molecule has 0 amide bonds.